The zero-order chi connectivity index (χ0) is 13.6. The lowest BCUT2D eigenvalue weighted by molar-refractivity contribution is -0.289. The normalized spacial score (nSPS) is 19.4. The summed E-state index contributed by atoms with van der Waals surface area (Å²) < 4.78 is 62.4. The highest BCUT2D eigenvalue weighted by atomic mass is 19.4. The van der Waals surface area contributed by atoms with Crippen LogP contribution >= 0.6 is 0 Å². The topological polar surface area (TPSA) is 20.2 Å². The highest BCUT2D eigenvalue weighted by Crippen LogP contribution is 2.45. The van der Waals surface area contributed by atoms with Crippen molar-refractivity contribution in [3.8, 4) is 0 Å². The van der Waals surface area contributed by atoms with E-state index in [0.29, 0.717) is 18.4 Å². The van der Waals surface area contributed by atoms with E-state index in [0.717, 1.165) is 30.7 Å². The standard InChI is InChI=1S/C12H11F5O/c13-11(14,12(15,16)17)9-4-2-8(3-5-9)10(18)6-1-7-10/h2-5,18H,1,6-7H2. The molecule has 0 amide bonds. The van der Waals surface area contributed by atoms with Gasteiger partial charge in [-0.1, -0.05) is 24.3 Å². The molecule has 0 unspecified atom stereocenters. The van der Waals surface area contributed by atoms with Crippen molar-refractivity contribution in [3.05, 3.63) is 35.4 Å². The van der Waals surface area contributed by atoms with Crippen molar-refractivity contribution in [2.24, 2.45) is 0 Å². The van der Waals surface area contributed by atoms with E-state index in [-0.39, 0.29) is 0 Å². The van der Waals surface area contributed by atoms with Gasteiger partial charge in [0.25, 0.3) is 0 Å². The summed E-state index contributed by atoms with van der Waals surface area (Å²) in [5, 5.41) is 9.93. The molecule has 0 bridgehead atoms. The monoisotopic (exact) mass is 266 g/mol. The number of aliphatic hydroxyl groups is 1. The van der Waals surface area contributed by atoms with Gasteiger partial charge in [-0.3, -0.25) is 0 Å². The predicted octanol–water partition coefficient (Wildman–Crippen LogP) is 3.71. The van der Waals surface area contributed by atoms with Crippen LogP contribution < -0.4 is 0 Å². The molecule has 1 aliphatic carbocycles. The average Bonchev–Trinajstić information content (AvgIpc) is 2.24. The van der Waals surface area contributed by atoms with Crippen LogP contribution in [-0.2, 0) is 11.5 Å². The van der Waals surface area contributed by atoms with Crippen molar-refractivity contribution in [2.75, 3.05) is 0 Å². The maximum atomic E-state index is 13.0. The number of benzene rings is 1. The second kappa shape index (κ2) is 3.91. The molecule has 2 rings (SSSR count). The van der Waals surface area contributed by atoms with Crippen molar-refractivity contribution in [2.45, 2.75) is 37.0 Å². The van der Waals surface area contributed by atoms with Gasteiger partial charge in [-0.2, -0.15) is 22.0 Å². The highest BCUT2D eigenvalue weighted by molar-refractivity contribution is 5.31. The molecule has 1 saturated carbocycles. The fourth-order valence-corrected chi connectivity index (χ4v) is 1.95. The molecule has 6 heteroatoms. The minimum atomic E-state index is -5.61. The van der Waals surface area contributed by atoms with Gasteiger partial charge in [0.1, 0.15) is 0 Å². The summed E-state index contributed by atoms with van der Waals surface area (Å²) in [7, 11) is 0. The Morgan fingerprint density at radius 1 is 0.944 bits per heavy atom. The van der Waals surface area contributed by atoms with E-state index in [1.54, 1.807) is 0 Å². The lowest BCUT2D eigenvalue weighted by atomic mass is 9.75. The second-order valence-electron chi connectivity index (χ2n) is 4.53. The Morgan fingerprint density at radius 2 is 1.44 bits per heavy atom. The number of hydrogen-bond donors (Lipinski definition) is 1. The molecule has 100 valence electrons. The van der Waals surface area contributed by atoms with Gasteiger partial charge < -0.3 is 5.11 Å². The van der Waals surface area contributed by atoms with Gasteiger partial charge in [0.2, 0.25) is 0 Å². The van der Waals surface area contributed by atoms with Crippen molar-refractivity contribution >= 4 is 0 Å². The quantitative estimate of drug-likeness (QED) is 0.809. The summed E-state index contributed by atoms with van der Waals surface area (Å²) in [6, 6.07) is 3.71. The highest BCUT2D eigenvalue weighted by Gasteiger charge is 2.58. The first kappa shape index (κ1) is 13.3. The van der Waals surface area contributed by atoms with Crippen molar-refractivity contribution in [3.63, 3.8) is 0 Å². The van der Waals surface area contributed by atoms with E-state index < -0.39 is 23.3 Å². The molecule has 0 aromatic heterocycles. The van der Waals surface area contributed by atoms with Gasteiger partial charge in [0.05, 0.1) is 5.60 Å². The first-order valence-corrected chi connectivity index (χ1v) is 5.45. The summed E-state index contributed by atoms with van der Waals surface area (Å²) in [5.41, 5.74) is -1.79. The molecule has 0 radical (unpaired) electrons. The molecule has 0 saturated heterocycles. The molecule has 1 nitrogen and oxygen atoms in total. The maximum Gasteiger partial charge on any atom is 0.458 e. The number of rotatable bonds is 2. The fraction of sp³-hybridized carbons (Fsp3) is 0.500. The molecule has 0 aliphatic heterocycles. The molecule has 1 aliphatic rings. The Bertz CT molecular complexity index is 431. The summed E-state index contributed by atoms with van der Waals surface area (Å²) in [5.74, 6) is -4.87. The van der Waals surface area contributed by atoms with E-state index in [9.17, 15) is 27.1 Å². The van der Waals surface area contributed by atoms with Gasteiger partial charge >= 0.3 is 12.1 Å². The zero-order valence-electron chi connectivity index (χ0n) is 9.27. The van der Waals surface area contributed by atoms with Gasteiger partial charge in [-0.15, -0.1) is 0 Å². The van der Waals surface area contributed by atoms with Crippen LogP contribution in [0.25, 0.3) is 0 Å². The SMILES string of the molecule is OC1(c2ccc(C(F)(F)C(F)(F)F)cc2)CCC1. The summed E-state index contributed by atoms with van der Waals surface area (Å²) >= 11 is 0. The first-order chi connectivity index (χ1) is 8.17. The summed E-state index contributed by atoms with van der Waals surface area (Å²) in [6.07, 6.45) is -3.79. The van der Waals surface area contributed by atoms with Crippen LogP contribution in [0.2, 0.25) is 0 Å². The van der Waals surface area contributed by atoms with Crippen molar-refractivity contribution < 1.29 is 27.1 Å². The number of alkyl halides is 5. The number of hydrogen-bond acceptors (Lipinski definition) is 1. The van der Waals surface area contributed by atoms with E-state index in [1.807, 2.05) is 0 Å². The molecule has 0 spiro atoms. The molecule has 0 heterocycles. The minimum Gasteiger partial charge on any atom is -0.385 e. The Balaban J connectivity index is 2.28. The van der Waals surface area contributed by atoms with Crippen LogP contribution in [0.15, 0.2) is 24.3 Å². The molecule has 1 N–H and O–H groups in total. The lowest BCUT2D eigenvalue weighted by Gasteiger charge is -2.37. The van der Waals surface area contributed by atoms with Gasteiger partial charge in [-0.05, 0) is 24.8 Å². The van der Waals surface area contributed by atoms with Crippen LogP contribution in [0.5, 0.6) is 0 Å². The Labute approximate surface area is 100 Å². The van der Waals surface area contributed by atoms with Crippen LogP contribution in [0, 0.1) is 0 Å². The molecule has 1 aromatic rings. The van der Waals surface area contributed by atoms with Crippen LogP contribution in [0.1, 0.15) is 30.4 Å². The van der Waals surface area contributed by atoms with Crippen molar-refractivity contribution in [1.82, 2.24) is 0 Å². The summed E-state index contributed by atoms with van der Waals surface area (Å²) in [4.78, 5) is 0. The smallest absolute Gasteiger partial charge is 0.385 e. The first-order valence-electron chi connectivity index (χ1n) is 5.45. The van der Waals surface area contributed by atoms with E-state index in [1.165, 1.54) is 0 Å². The van der Waals surface area contributed by atoms with Gasteiger partial charge in [0, 0.05) is 5.56 Å². The van der Waals surface area contributed by atoms with E-state index >= 15 is 0 Å². The Hall–Kier alpha value is -1.17. The Morgan fingerprint density at radius 3 is 1.78 bits per heavy atom. The Kier molecular flexibility index (Phi) is 2.88. The third-order valence-electron chi connectivity index (χ3n) is 3.32. The second-order valence-corrected chi connectivity index (χ2v) is 4.53. The predicted molar refractivity (Wildman–Crippen MR) is 54.1 cm³/mol. The lowest BCUT2D eigenvalue weighted by Crippen LogP contribution is -2.35. The summed E-state index contributed by atoms with van der Waals surface area (Å²) in [6.45, 7) is 0. The maximum absolute atomic E-state index is 13.0. The van der Waals surface area contributed by atoms with Crippen molar-refractivity contribution in [1.29, 1.82) is 0 Å². The van der Waals surface area contributed by atoms with Gasteiger partial charge in [0.15, 0.2) is 0 Å². The number of halogens is 5. The van der Waals surface area contributed by atoms with Crippen LogP contribution in [0.3, 0.4) is 0 Å². The largest absolute Gasteiger partial charge is 0.458 e. The van der Waals surface area contributed by atoms with Crippen LogP contribution in [0.4, 0.5) is 22.0 Å². The molecule has 18 heavy (non-hydrogen) atoms. The third-order valence-corrected chi connectivity index (χ3v) is 3.32. The molecule has 1 aromatic carbocycles. The molecule has 1 fully saturated rings. The van der Waals surface area contributed by atoms with E-state index in [4.69, 9.17) is 0 Å². The molecule has 0 atom stereocenters. The van der Waals surface area contributed by atoms with E-state index in [2.05, 4.69) is 0 Å². The van der Waals surface area contributed by atoms with Crippen LogP contribution in [-0.4, -0.2) is 11.3 Å². The minimum absolute atomic E-state index is 0.385. The third kappa shape index (κ3) is 1.98. The molecular formula is C12H11F5O. The zero-order valence-corrected chi connectivity index (χ0v) is 9.27. The fourth-order valence-electron chi connectivity index (χ4n) is 1.95. The average molecular weight is 266 g/mol. The molecular weight excluding hydrogens is 255 g/mol. The van der Waals surface area contributed by atoms with Gasteiger partial charge in [-0.25, -0.2) is 0 Å².